The number of ether oxygens (including phenoxy) is 2. The molecule has 0 saturated carbocycles. The first-order valence-corrected chi connectivity index (χ1v) is 8.06. The van der Waals surface area contributed by atoms with Crippen molar-refractivity contribution in [2.24, 2.45) is 0 Å². The molecule has 20 heavy (non-hydrogen) atoms. The van der Waals surface area contributed by atoms with Crippen LogP contribution in [0.25, 0.3) is 0 Å². The van der Waals surface area contributed by atoms with E-state index in [1.165, 1.54) is 64.9 Å². The molecule has 0 aliphatic carbocycles. The maximum Gasteiger partial charge on any atom is 0.335 e. The zero-order chi connectivity index (χ0) is 15.1. The van der Waals surface area contributed by atoms with Gasteiger partial charge in [-0.05, 0) is 6.42 Å². The molecular formula is C17H32O3. The van der Waals surface area contributed by atoms with Crippen LogP contribution in [0.1, 0.15) is 71.1 Å². The lowest BCUT2D eigenvalue weighted by Crippen LogP contribution is -2.10. The fourth-order valence-corrected chi connectivity index (χ4v) is 2.09. The molecule has 0 bridgehead atoms. The Balaban J connectivity index is 3.13. The van der Waals surface area contributed by atoms with Gasteiger partial charge in [-0.1, -0.05) is 71.3 Å². The molecule has 0 aliphatic heterocycles. The van der Waals surface area contributed by atoms with Gasteiger partial charge in [0.25, 0.3) is 0 Å². The second kappa shape index (κ2) is 14.6. The summed E-state index contributed by atoms with van der Waals surface area (Å²) in [4.78, 5) is 11.0. The van der Waals surface area contributed by atoms with Crippen molar-refractivity contribution in [1.82, 2.24) is 0 Å². The molecule has 0 radical (unpaired) electrons. The fraction of sp³-hybridized carbons (Fsp3) is 0.824. The zero-order valence-corrected chi connectivity index (χ0v) is 13.4. The first-order valence-electron chi connectivity index (χ1n) is 8.06. The van der Waals surface area contributed by atoms with Gasteiger partial charge in [-0.25, -0.2) is 4.79 Å². The van der Waals surface area contributed by atoms with Gasteiger partial charge < -0.3 is 9.47 Å². The molecule has 0 atom stereocenters. The van der Waals surface area contributed by atoms with E-state index in [0.29, 0.717) is 12.2 Å². The second-order valence-corrected chi connectivity index (χ2v) is 5.33. The first kappa shape index (κ1) is 19.2. The molecule has 0 aromatic carbocycles. The molecule has 0 spiro atoms. The van der Waals surface area contributed by atoms with Gasteiger partial charge >= 0.3 is 5.97 Å². The van der Waals surface area contributed by atoms with Crippen LogP contribution >= 0.6 is 0 Å². The predicted molar refractivity (Wildman–Crippen MR) is 83.8 cm³/mol. The predicted octanol–water partition coefficient (Wildman–Crippen LogP) is 4.65. The highest BCUT2D eigenvalue weighted by atomic mass is 16.5. The number of carbonyl (C=O) groups excluding carboxylic acids is 1. The van der Waals surface area contributed by atoms with Gasteiger partial charge in [0.05, 0.1) is 19.3 Å². The molecule has 118 valence electrons. The molecule has 0 aromatic heterocycles. The van der Waals surface area contributed by atoms with Crippen molar-refractivity contribution in [2.45, 2.75) is 71.1 Å². The Hall–Kier alpha value is -0.830. The Labute approximate surface area is 124 Å². The lowest BCUT2D eigenvalue weighted by Gasteiger charge is -2.05. The molecule has 0 heterocycles. The average molecular weight is 284 g/mol. The van der Waals surface area contributed by atoms with Crippen LogP contribution in [0.2, 0.25) is 0 Å². The van der Waals surface area contributed by atoms with Crippen LogP contribution < -0.4 is 0 Å². The Morgan fingerprint density at radius 3 is 1.90 bits per heavy atom. The smallest absolute Gasteiger partial charge is 0.335 e. The van der Waals surface area contributed by atoms with Gasteiger partial charge in [0.1, 0.15) is 0 Å². The quantitative estimate of drug-likeness (QED) is 0.264. The van der Waals surface area contributed by atoms with Gasteiger partial charge in [0.2, 0.25) is 0 Å². The SMILES string of the molecule is C=C(COCCCCCCCCCCCC)C(=O)OC. The Morgan fingerprint density at radius 2 is 1.40 bits per heavy atom. The number of methoxy groups -OCH3 is 1. The Kier molecular flexibility index (Phi) is 14.0. The monoisotopic (exact) mass is 284 g/mol. The van der Waals surface area contributed by atoms with Crippen molar-refractivity contribution in [1.29, 1.82) is 0 Å². The largest absolute Gasteiger partial charge is 0.466 e. The van der Waals surface area contributed by atoms with Gasteiger partial charge in [0, 0.05) is 6.61 Å². The summed E-state index contributed by atoms with van der Waals surface area (Å²) in [6.45, 7) is 6.85. The van der Waals surface area contributed by atoms with E-state index in [9.17, 15) is 4.79 Å². The van der Waals surface area contributed by atoms with Crippen LogP contribution in [0.4, 0.5) is 0 Å². The maximum atomic E-state index is 11.0. The molecule has 0 fully saturated rings. The number of unbranched alkanes of at least 4 members (excludes halogenated alkanes) is 9. The molecular weight excluding hydrogens is 252 g/mol. The van der Waals surface area contributed by atoms with Crippen LogP contribution in [-0.2, 0) is 14.3 Å². The van der Waals surface area contributed by atoms with Crippen LogP contribution in [0, 0.1) is 0 Å². The molecule has 3 nitrogen and oxygen atoms in total. The van der Waals surface area contributed by atoms with Crippen LogP contribution in [-0.4, -0.2) is 26.3 Å². The molecule has 0 amide bonds. The van der Waals surface area contributed by atoms with Crippen molar-refractivity contribution in [3.63, 3.8) is 0 Å². The third kappa shape index (κ3) is 12.2. The van der Waals surface area contributed by atoms with E-state index in [4.69, 9.17) is 4.74 Å². The highest BCUT2D eigenvalue weighted by Crippen LogP contribution is 2.10. The number of esters is 1. The van der Waals surface area contributed by atoms with E-state index in [1.807, 2.05) is 0 Å². The summed E-state index contributed by atoms with van der Waals surface area (Å²) in [5.41, 5.74) is 0.388. The third-order valence-electron chi connectivity index (χ3n) is 3.39. The topological polar surface area (TPSA) is 35.5 Å². The number of carbonyl (C=O) groups is 1. The zero-order valence-electron chi connectivity index (χ0n) is 13.4. The average Bonchev–Trinajstić information content (AvgIpc) is 2.47. The minimum Gasteiger partial charge on any atom is -0.466 e. The van der Waals surface area contributed by atoms with Gasteiger partial charge in [-0.2, -0.15) is 0 Å². The lowest BCUT2D eigenvalue weighted by molar-refractivity contribution is -0.136. The van der Waals surface area contributed by atoms with E-state index in [-0.39, 0.29) is 12.6 Å². The Morgan fingerprint density at radius 1 is 0.900 bits per heavy atom. The van der Waals surface area contributed by atoms with Gasteiger partial charge in [0.15, 0.2) is 0 Å². The minimum absolute atomic E-state index is 0.282. The standard InChI is InChI=1S/C17H32O3/c1-4-5-6-7-8-9-10-11-12-13-14-20-15-16(2)17(18)19-3/h2,4-15H2,1,3H3. The fourth-order valence-electron chi connectivity index (χ4n) is 2.09. The van der Waals surface area contributed by atoms with E-state index >= 15 is 0 Å². The molecule has 3 heteroatoms. The molecule has 0 N–H and O–H groups in total. The summed E-state index contributed by atoms with van der Waals surface area (Å²) in [6, 6.07) is 0. The first-order chi connectivity index (χ1) is 9.72. The molecule has 0 rings (SSSR count). The molecule has 0 aromatic rings. The molecule has 0 aliphatic rings. The number of hydrogen-bond acceptors (Lipinski definition) is 3. The maximum absolute atomic E-state index is 11.0. The highest BCUT2D eigenvalue weighted by molar-refractivity contribution is 5.87. The summed E-state index contributed by atoms with van der Waals surface area (Å²) in [6.07, 6.45) is 13.1. The molecule has 0 saturated heterocycles. The lowest BCUT2D eigenvalue weighted by atomic mass is 10.1. The van der Waals surface area contributed by atoms with Gasteiger partial charge in [-0.15, -0.1) is 0 Å². The van der Waals surface area contributed by atoms with E-state index in [2.05, 4.69) is 18.2 Å². The van der Waals surface area contributed by atoms with E-state index in [0.717, 1.165) is 6.42 Å². The van der Waals surface area contributed by atoms with E-state index < -0.39 is 0 Å². The number of rotatable bonds is 14. The third-order valence-corrected chi connectivity index (χ3v) is 3.39. The Bertz CT molecular complexity index is 249. The van der Waals surface area contributed by atoms with Crippen molar-refractivity contribution in [3.8, 4) is 0 Å². The minimum atomic E-state index is -0.381. The normalized spacial score (nSPS) is 10.5. The summed E-state index contributed by atoms with van der Waals surface area (Å²) < 4.78 is 9.94. The molecule has 0 unspecified atom stereocenters. The van der Waals surface area contributed by atoms with Crippen molar-refractivity contribution in [3.05, 3.63) is 12.2 Å². The van der Waals surface area contributed by atoms with Crippen LogP contribution in [0.5, 0.6) is 0 Å². The number of hydrogen-bond donors (Lipinski definition) is 0. The second-order valence-electron chi connectivity index (χ2n) is 5.33. The van der Waals surface area contributed by atoms with Crippen LogP contribution in [0.15, 0.2) is 12.2 Å². The van der Waals surface area contributed by atoms with E-state index in [1.54, 1.807) is 0 Å². The summed E-state index contributed by atoms with van der Waals surface area (Å²) in [5.74, 6) is -0.381. The van der Waals surface area contributed by atoms with Gasteiger partial charge in [-0.3, -0.25) is 0 Å². The van der Waals surface area contributed by atoms with Crippen molar-refractivity contribution >= 4 is 5.97 Å². The van der Waals surface area contributed by atoms with Crippen LogP contribution in [0.3, 0.4) is 0 Å². The summed E-state index contributed by atoms with van der Waals surface area (Å²) in [7, 11) is 1.36. The van der Waals surface area contributed by atoms with Crippen molar-refractivity contribution in [2.75, 3.05) is 20.3 Å². The highest BCUT2D eigenvalue weighted by Gasteiger charge is 2.05. The van der Waals surface area contributed by atoms with Crippen molar-refractivity contribution < 1.29 is 14.3 Å². The summed E-state index contributed by atoms with van der Waals surface area (Å²) in [5, 5.41) is 0. The summed E-state index contributed by atoms with van der Waals surface area (Å²) >= 11 is 0.